The number of rotatable bonds is 8. The molecule has 0 aliphatic heterocycles. The fourth-order valence-electron chi connectivity index (χ4n) is 4.21. The molecule has 5 aromatic rings. The van der Waals surface area contributed by atoms with Crippen LogP contribution >= 0.6 is 23.2 Å². The molecule has 3 aromatic heterocycles. The highest BCUT2D eigenvalue weighted by molar-refractivity contribution is 6.30. The lowest BCUT2D eigenvalue weighted by atomic mass is 10.0. The molecule has 0 aliphatic rings. The van der Waals surface area contributed by atoms with Crippen molar-refractivity contribution in [2.24, 2.45) is 0 Å². The van der Waals surface area contributed by atoms with E-state index in [-0.39, 0.29) is 18.0 Å². The van der Waals surface area contributed by atoms with Crippen molar-refractivity contribution in [1.82, 2.24) is 20.1 Å². The summed E-state index contributed by atoms with van der Waals surface area (Å²) in [6.07, 6.45) is 2.28. The second-order valence-electron chi connectivity index (χ2n) is 8.70. The van der Waals surface area contributed by atoms with Crippen LogP contribution in [0.5, 0.6) is 0 Å². The van der Waals surface area contributed by atoms with Crippen LogP contribution in [0, 0.1) is 13.8 Å². The number of Topliss-reactive ketones (excluding diaryl/α,β-unsaturated/α-hetero) is 1. The molecule has 0 radical (unpaired) electrons. The van der Waals surface area contributed by atoms with Crippen molar-refractivity contribution in [2.45, 2.75) is 33.2 Å². The Labute approximate surface area is 223 Å². The Morgan fingerprint density at radius 2 is 1.84 bits per heavy atom. The molecule has 37 heavy (non-hydrogen) atoms. The zero-order chi connectivity index (χ0) is 25.9. The molecule has 3 heterocycles. The largest absolute Gasteiger partial charge is 0.365 e. The minimum Gasteiger partial charge on any atom is -0.365 e. The van der Waals surface area contributed by atoms with Gasteiger partial charge in [0, 0.05) is 45.9 Å². The molecule has 1 N–H and O–H groups in total. The van der Waals surface area contributed by atoms with Gasteiger partial charge in [-0.3, -0.25) is 9.78 Å². The fourth-order valence-corrected chi connectivity index (χ4v) is 4.61. The minimum atomic E-state index is -0.177. The van der Waals surface area contributed by atoms with Gasteiger partial charge in [0.1, 0.15) is 11.6 Å². The highest BCUT2D eigenvalue weighted by Crippen LogP contribution is 2.32. The minimum absolute atomic E-state index is 0.146. The van der Waals surface area contributed by atoms with Gasteiger partial charge in [0.25, 0.3) is 0 Å². The number of hydrogen-bond donors (Lipinski definition) is 1. The Balaban J connectivity index is 1.50. The molecule has 5 rings (SSSR count). The predicted molar refractivity (Wildman–Crippen MR) is 145 cm³/mol. The van der Waals surface area contributed by atoms with E-state index in [9.17, 15) is 4.79 Å². The Morgan fingerprint density at radius 3 is 2.59 bits per heavy atom. The number of nitrogens with one attached hydrogen (secondary N) is 1. The summed E-state index contributed by atoms with van der Waals surface area (Å²) in [5.74, 6) is 1.26. The van der Waals surface area contributed by atoms with E-state index < -0.39 is 0 Å². The number of ketones is 1. The van der Waals surface area contributed by atoms with Crippen molar-refractivity contribution >= 4 is 45.7 Å². The van der Waals surface area contributed by atoms with E-state index >= 15 is 0 Å². The second kappa shape index (κ2) is 10.7. The maximum absolute atomic E-state index is 13.1. The first-order valence-electron chi connectivity index (χ1n) is 11.7. The lowest BCUT2D eigenvalue weighted by Gasteiger charge is -2.12. The van der Waals surface area contributed by atoms with Crippen molar-refractivity contribution in [3.63, 3.8) is 0 Å². The number of carbonyl (C=O) groups is 1. The molecule has 0 fully saturated rings. The summed E-state index contributed by atoms with van der Waals surface area (Å²) in [5.41, 5.74) is 5.04. The summed E-state index contributed by atoms with van der Waals surface area (Å²) in [6.45, 7) is 4.26. The first kappa shape index (κ1) is 24.9. The molecule has 0 aliphatic carbocycles. The monoisotopic (exact) mass is 531 g/mol. The fraction of sp³-hybridized carbons (Fsp3) is 0.179. The molecule has 0 bridgehead atoms. The number of benzene rings is 2. The Hall–Kier alpha value is -3.81. The number of pyridine rings is 1. The van der Waals surface area contributed by atoms with Crippen LogP contribution in [0.15, 0.2) is 65.3 Å². The maximum atomic E-state index is 13.1. The Bertz CT molecular complexity index is 1600. The molecule has 0 amide bonds. The molecule has 186 valence electrons. The maximum Gasteiger partial charge on any atom is 0.200 e. The van der Waals surface area contributed by atoms with Crippen molar-refractivity contribution in [1.29, 1.82) is 0 Å². The number of aryl methyl sites for hydroxylation is 3. The number of carbonyl (C=O) groups excluding carboxylic acids is 1. The van der Waals surface area contributed by atoms with Gasteiger partial charge in [-0.05, 0) is 67.8 Å². The zero-order valence-electron chi connectivity index (χ0n) is 20.3. The molecule has 0 spiro atoms. The molecule has 9 heteroatoms. The highest BCUT2D eigenvalue weighted by Gasteiger charge is 2.18. The molecule has 0 unspecified atom stereocenters. The number of halogens is 2. The van der Waals surface area contributed by atoms with E-state index in [0.29, 0.717) is 34.3 Å². The van der Waals surface area contributed by atoms with Gasteiger partial charge in [-0.15, -0.1) is 0 Å². The van der Waals surface area contributed by atoms with Crippen molar-refractivity contribution < 1.29 is 9.32 Å². The van der Waals surface area contributed by atoms with Crippen LogP contribution in [0.2, 0.25) is 10.0 Å². The Kier molecular flexibility index (Phi) is 7.17. The smallest absolute Gasteiger partial charge is 0.200 e. The first-order chi connectivity index (χ1) is 17.9. The molecule has 2 aromatic carbocycles. The van der Waals surface area contributed by atoms with Crippen LogP contribution in [0.3, 0.4) is 0 Å². The normalized spacial score (nSPS) is 11.1. The van der Waals surface area contributed by atoms with Crippen molar-refractivity contribution in [3.05, 3.63) is 99.4 Å². The van der Waals surface area contributed by atoms with Gasteiger partial charge < -0.3 is 9.84 Å². The summed E-state index contributed by atoms with van der Waals surface area (Å²) in [6, 6.07) is 16.9. The third kappa shape index (κ3) is 5.63. The number of aromatic nitrogens is 4. The van der Waals surface area contributed by atoms with Gasteiger partial charge in [-0.25, -0.2) is 9.97 Å². The lowest BCUT2D eigenvalue weighted by molar-refractivity contribution is 0.0973. The molecular weight excluding hydrogens is 509 g/mol. The number of anilines is 1. The molecule has 0 atom stereocenters. The van der Waals surface area contributed by atoms with Crippen LogP contribution in [-0.2, 0) is 13.0 Å². The predicted octanol–water partition coefficient (Wildman–Crippen LogP) is 7.03. The average Bonchev–Trinajstić information content (AvgIpc) is 3.23. The zero-order valence-corrected chi connectivity index (χ0v) is 21.8. The van der Waals surface area contributed by atoms with Gasteiger partial charge in [0.15, 0.2) is 5.82 Å². The first-order valence-corrected chi connectivity index (χ1v) is 12.5. The van der Waals surface area contributed by atoms with Crippen LogP contribution in [-0.4, -0.2) is 25.9 Å². The van der Waals surface area contributed by atoms with E-state index in [2.05, 4.69) is 25.4 Å². The van der Waals surface area contributed by atoms with E-state index in [1.165, 1.54) is 0 Å². The quantitative estimate of drug-likeness (QED) is 0.214. The van der Waals surface area contributed by atoms with Gasteiger partial charge in [-0.1, -0.05) is 46.6 Å². The summed E-state index contributed by atoms with van der Waals surface area (Å²) < 4.78 is 5.36. The summed E-state index contributed by atoms with van der Waals surface area (Å²) >= 11 is 12.2. The lowest BCUT2D eigenvalue weighted by Crippen LogP contribution is -2.11. The van der Waals surface area contributed by atoms with E-state index in [1.807, 2.05) is 56.3 Å². The van der Waals surface area contributed by atoms with Crippen LogP contribution in [0.1, 0.15) is 39.8 Å². The van der Waals surface area contributed by atoms with Crippen LogP contribution < -0.4 is 5.32 Å². The topological polar surface area (TPSA) is 93.8 Å². The molecule has 7 nitrogen and oxygen atoms in total. The van der Waals surface area contributed by atoms with Crippen molar-refractivity contribution in [3.8, 4) is 11.1 Å². The molecule has 0 saturated carbocycles. The highest BCUT2D eigenvalue weighted by atomic mass is 35.5. The third-order valence-electron chi connectivity index (χ3n) is 6.00. The van der Waals surface area contributed by atoms with Gasteiger partial charge >= 0.3 is 0 Å². The van der Waals surface area contributed by atoms with Crippen LogP contribution in [0.25, 0.3) is 22.0 Å². The van der Waals surface area contributed by atoms with Crippen molar-refractivity contribution in [2.75, 3.05) is 5.32 Å². The van der Waals surface area contributed by atoms with Gasteiger partial charge in [-0.2, -0.15) is 0 Å². The van der Waals surface area contributed by atoms with E-state index in [0.717, 1.165) is 39.2 Å². The molecular formula is C28H23Cl2N5O2. The summed E-state index contributed by atoms with van der Waals surface area (Å²) in [4.78, 5) is 26.6. The average molecular weight is 532 g/mol. The summed E-state index contributed by atoms with van der Waals surface area (Å²) in [7, 11) is 0. The second-order valence-corrected chi connectivity index (χ2v) is 9.57. The van der Waals surface area contributed by atoms with Gasteiger partial charge in [0.05, 0.1) is 11.2 Å². The summed E-state index contributed by atoms with van der Waals surface area (Å²) in [5, 5.41) is 9.47. The van der Waals surface area contributed by atoms with Crippen LogP contribution in [0.4, 0.5) is 5.82 Å². The number of fused-ring (bicyclic) bond motifs is 1. The SMILES string of the molecule is Cc1noc(C)c1-c1ccc2nc(C(=O)CCc3cc(Cl)ccn3)nc(NCc3cccc(Cl)c3)c2c1. The third-order valence-corrected chi connectivity index (χ3v) is 6.47. The molecule has 0 saturated heterocycles. The van der Waals surface area contributed by atoms with E-state index in [1.54, 1.807) is 18.3 Å². The number of nitrogens with zero attached hydrogens (tertiary/aromatic N) is 4. The van der Waals surface area contributed by atoms with Gasteiger partial charge in [0.2, 0.25) is 5.78 Å². The standard InChI is InChI=1S/C28H23Cl2N5O2/c1-16-26(17(2)37-35-16)19-6-8-24-23(13-19)27(32-15-18-4-3-5-20(29)12-18)34-28(33-24)25(36)9-7-22-14-21(30)10-11-31-22/h3-6,8,10-14H,7,9,15H2,1-2H3,(H,32,33,34). The van der Waals surface area contributed by atoms with E-state index in [4.69, 9.17) is 27.7 Å². The Morgan fingerprint density at radius 1 is 1.00 bits per heavy atom. The number of hydrogen-bond acceptors (Lipinski definition) is 7.